The number of rotatable bonds is 14. The van der Waals surface area contributed by atoms with Crippen molar-refractivity contribution in [3.05, 3.63) is 35.9 Å². The molecule has 156 valence electrons. The molecular formula is C22H32O6. The molecule has 6 nitrogen and oxygen atoms in total. The summed E-state index contributed by atoms with van der Waals surface area (Å²) in [4.78, 5) is 23.0. The van der Waals surface area contributed by atoms with E-state index < -0.39 is 5.97 Å². The van der Waals surface area contributed by atoms with Gasteiger partial charge in [0.05, 0.1) is 13.2 Å². The van der Waals surface area contributed by atoms with Crippen LogP contribution >= 0.6 is 0 Å². The zero-order valence-corrected chi connectivity index (χ0v) is 16.7. The number of carbonyl (C=O) groups is 2. The molecular weight excluding hydrogens is 360 g/mol. The average molecular weight is 392 g/mol. The van der Waals surface area contributed by atoms with Crippen molar-refractivity contribution in [2.75, 3.05) is 13.2 Å². The van der Waals surface area contributed by atoms with Crippen LogP contribution in [-0.2, 0) is 14.3 Å². The zero-order valence-electron chi connectivity index (χ0n) is 16.7. The predicted octanol–water partition coefficient (Wildman–Crippen LogP) is 4.88. The van der Waals surface area contributed by atoms with Gasteiger partial charge in [-0.05, 0) is 38.0 Å². The number of hydrogen-bond donors (Lipinski definition) is 2. The highest BCUT2D eigenvalue weighted by atomic mass is 16.5. The molecule has 0 aromatic heterocycles. The van der Waals surface area contributed by atoms with Gasteiger partial charge in [0.15, 0.2) is 0 Å². The van der Waals surface area contributed by atoms with E-state index in [1.807, 2.05) is 0 Å². The summed E-state index contributed by atoms with van der Waals surface area (Å²) in [6.07, 6.45) is 9.41. The second kappa shape index (κ2) is 13.6. The highest BCUT2D eigenvalue weighted by Crippen LogP contribution is 2.22. The second-order valence-electron chi connectivity index (χ2n) is 6.94. The van der Waals surface area contributed by atoms with Gasteiger partial charge in [-0.15, -0.1) is 0 Å². The van der Waals surface area contributed by atoms with Gasteiger partial charge in [0.25, 0.3) is 0 Å². The molecule has 0 atom stereocenters. The lowest BCUT2D eigenvalue weighted by atomic mass is 10.1. The van der Waals surface area contributed by atoms with E-state index in [4.69, 9.17) is 9.47 Å². The van der Waals surface area contributed by atoms with Crippen LogP contribution in [0.4, 0.5) is 0 Å². The summed E-state index contributed by atoms with van der Waals surface area (Å²) in [5.41, 5.74) is 0.418. The van der Waals surface area contributed by atoms with Crippen LogP contribution in [0.5, 0.6) is 11.5 Å². The standard InChI is InChI=1S/C22H32O6/c1-17(2)21(25)27-14-10-8-6-4-3-5-7-9-11-15-28-22(26)19-16-18(23)12-13-20(19)24/h12-13,16,23-24H,1,3-11,14-15H2,2H3. The molecule has 0 aliphatic carbocycles. The SMILES string of the molecule is C=C(C)C(=O)OCCCCCCCCCCCOC(=O)c1cc(O)ccc1O. The van der Waals surface area contributed by atoms with Crippen LogP contribution in [0.1, 0.15) is 75.1 Å². The summed E-state index contributed by atoms with van der Waals surface area (Å²) < 4.78 is 10.2. The number of benzene rings is 1. The first-order chi connectivity index (χ1) is 13.4. The van der Waals surface area contributed by atoms with Crippen LogP contribution in [-0.4, -0.2) is 35.4 Å². The molecule has 1 aromatic rings. The van der Waals surface area contributed by atoms with Gasteiger partial charge in [0.2, 0.25) is 0 Å². The lowest BCUT2D eigenvalue weighted by Crippen LogP contribution is -2.06. The molecule has 0 heterocycles. The van der Waals surface area contributed by atoms with Gasteiger partial charge in [-0.1, -0.05) is 51.5 Å². The molecule has 0 saturated carbocycles. The number of esters is 2. The molecule has 0 unspecified atom stereocenters. The van der Waals surface area contributed by atoms with Crippen LogP contribution in [0.3, 0.4) is 0 Å². The van der Waals surface area contributed by atoms with Gasteiger partial charge in [-0.3, -0.25) is 0 Å². The molecule has 0 amide bonds. The molecule has 6 heteroatoms. The average Bonchev–Trinajstić information content (AvgIpc) is 2.66. The van der Waals surface area contributed by atoms with E-state index in [0.29, 0.717) is 18.8 Å². The molecule has 1 rings (SSSR count). The van der Waals surface area contributed by atoms with Crippen molar-refractivity contribution in [1.29, 1.82) is 0 Å². The van der Waals surface area contributed by atoms with Gasteiger partial charge in [-0.25, -0.2) is 9.59 Å². The number of aromatic hydroxyl groups is 2. The van der Waals surface area contributed by atoms with Gasteiger partial charge in [0, 0.05) is 5.57 Å². The largest absolute Gasteiger partial charge is 0.508 e. The van der Waals surface area contributed by atoms with Crippen molar-refractivity contribution in [3.63, 3.8) is 0 Å². The normalized spacial score (nSPS) is 10.5. The molecule has 0 fully saturated rings. The molecule has 2 N–H and O–H groups in total. The van der Waals surface area contributed by atoms with Crippen molar-refractivity contribution < 1.29 is 29.3 Å². The Labute approximate surface area is 167 Å². The fraction of sp³-hybridized carbons (Fsp3) is 0.545. The Kier molecular flexibility index (Phi) is 11.5. The third kappa shape index (κ3) is 10.00. The maximum Gasteiger partial charge on any atom is 0.342 e. The fourth-order valence-corrected chi connectivity index (χ4v) is 2.66. The number of hydrogen-bond acceptors (Lipinski definition) is 6. The first-order valence-corrected chi connectivity index (χ1v) is 9.93. The van der Waals surface area contributed by atoms with Gasteiger partial charge >= 0.3 is 11.9 Å². The van der Waals surface area contributed by atoms with Crippen LogP contribution in [0, 0.1) is 0 Å². The van der Waals surface area contributed by atoms with Crippen LogP contribution in [0.25, 0.3) is 0 Å². The monoisotopic (exact) mass is 392 g/mol. The number of phenols is 2. The lowest BCUT2D eigenvalue weighted by Gasteiger charge is -2.07. The van der Waals surface area contributed by atoms with Crippen molar-refractivity contribution in [2.24, 2.45) is 0 Å². The smallest absolute Gasteiger partial charge is 0.342 e. The molecule has 0 aliphatic rings. The molecule has 1 aromatic carbocycles. The minimum atomic E-state index is -0.623. The van der Waals surface area contributed by atoms with E-state index in [0.717, 1.165) is 44.9 Å². The molecule has 0 saturated heterocycles. The number of phenolic OH excluding ortho intramolecular Hbond substituents is 2. The minimum Gasteiger partial charge on any atom is -0.508 e. The number of ether oxygens (including phenoxy) is 2. The quantitative estimate of drug-likeness (QED) is 0.203. The summed E-state index contributed by atoms with van der Waals surface area (Å²) in [5.74, 6) is -1.22. The predicted molar refractivity (Wildman–Crippen MR) is 107 cm³/mol. The van der Waals surface area contributed by atoms with Crippen LogP contribution < -0.4 is 0 Å². The summed E-state index contributed by atoms with van der Waals surface area (Å²) >= 11 is 0. The molecule has 28 heavy (non-hydrogen) atoms. The Hall–Kier alpha value is -2.50. The topological polar surface area (TPSA) is 93.1 Å². The maximum absolute atomic E-state index is 11.8. The maximum atomic E-state index is 11.8. The highest BCUT2D eigenvalue weighted by molar-refractivity contribution is 5.92. The minimum absolute atomic E-state index is 0.0191. The highest BCUT2D eigenvalue weighted by Gasteiger charge is 2.13. The Morgan fingerprint density at radius 3 is 1.89 bits per heavy atom. The van der Waals surface area contributed by atoms with E-state index in [9.17, 15) is 19.8 Å². The summed E-state index contributed by atoms with van der Waals surface area (Å²) in [6, 6.07) is 3.77. The van der Waals surface area contributed by atoms with E-state index in [1.54, 1.807) is 6.92 Å². The third-order valence-corrected chi connectivity index (χ3v) is 4.30. The lowest BCUT2D eigenvalue weighted by molar-refractivity contribution is -0.139. The summed E-state index contributed by atoms with van der Waals surface area (Å²) in [5, 5.41) is 19.0. The van der Waals surface area contributed by atoms with Gasteiger partial charge < -0.3 is 19.7 Å². The number of carbonyl (C=O) groups excluding carboxylic acids is 2. The van der Waals surface area contributed by atoms with Crippen LogP contribution in [0.15, 0.2) is 30.4 Å². The number of unbranched alkanes of at least 4 members (excludes halogenated alkanes) is 8. The Morgan fingerprint density at radius 1 is 0.857 bits per heavy atom. The summed E-state index contributed by atoms with van der Waals surface area (Å²) in [7, 11) is 0. The van der Waals surface area contributed by atoms with Crippen molar-refractivity contribution >= 4 is 11.9 Å². The first kappa shape index (κ1) is 23.5. The molecule has 0 spiro atoms. The van der Waals surface area contributed by atoms with E-state index in [-0.39, 0.29) is 23.0 Å². The van der Waals surface area contributed by atoms with E-state index >= 15 is 0 Å². The molecule has 0 bridgehead atoms. The Bertz CT molecular complexity index is 638. The molecule has 0 radical (unpaired) electrons. The van der Waals surface area contributed by atoms with E-state index in [2.05, 4.69) is 6.58 Å². The third-order valence-electron chi connectivity index (χ3n) is 4.30. The van der Waals surface area contributed by atoms with E-state index in [1.165, 1.54) is 31.0 Å². The Morgan fingerprint density at radius 2 is 1.36 bits per heavy atom. The van der Waals surface area contributed by atoms with Gasteiger partial charge in [0.1, 0.15) is 17.1 Å². The summed E-state index contributed by atoms with van der Waals surface area (Å²) in [6.45, 7) is 5.95. The van der Waals surface area contributed by atoms with Crippen LogP contribution in [0.2, 0.25) is 0 Å². The Balaban J connectivity index is 1.93. The fourth-order valence-electron chi connectivity index (χ4n) is 2.66. The van der Waals surface area contributed by atoms with Crippen molar-refractivity contribution in [2.45, 2.75) is 64.7 Å². The second-order valence-corrected chi connectivity index (χ2v) is 6.94. The zero-order chi connectivity index (χ0) is 20.8. The van der Waals surface area contributed by atoms with Gasteiger partial charge in [-0.2, -0.15) is 0 Å². The first-order valence-electron chi connectivity index (χ1n) is 9.93. The van der Waals surface area contributed by atoms with Crippen molar-refractivity contribution in [3.8, 4) is 11.5 Å². The van der Waals surface area contributed by atoms with Crippen molar-refractivity contribution in [1.82, 2.24) is 0 Å². The molecule has 0 aliphatic heterocycles.